The topological polar surface area (TPSA) is 0 Å². The largest absolute Gasteiger partial charge is 0.0995 e. The van der Waals surface area contributed by atoms with Crippen LogP contribution < -0.4 is 0 Å². The maximum absolute atomic E-state index is 3.97. The zero-order valence-electron chi connectivity index (χ0n) is 9.13. The first-order valence-electron chi connectivity index (χ1n) is 4.86. The Balaban J connectivity index is 4.16. The lowest BCUT2D eigenvalue weighted by Gasteiger charge is -2.12. The van der Waals surface area contributed by atoms with Crippen LogP contribution in [0.5, 0.6) is 0 Å². The maximum atomic E-state index is 3.97. The molecule has 0 N–H and O–H groups in total. The van der Waals surface area contributed by atoms with Crippen molar-refractivity contribution in [1.82, 2.24) is 0 Å². The molecule has 0 aromatic carbocycles. The lowest BCUT2D eigenvalue weighted by atomic mass is 9.94. The van der Waals surface area contributed by atoms with E-state index in [1.807, 2.05) is 12.2 Å². The first-order valence-corrected chi connectivity index (χ1v) is 4.86. The summed E-state index contributed by atoms with van der Waals surface area (Å²) in [7, 11) is 0. The third-order valence-corrected chi connectivity index (χ3v) is 2.18. The first-order chi connectivity index (χ1) is 6.61. The molecular formula is C14H20. The van der Waals surface area contributed by atoms with Crippen LogP contribution in [-0.4, -0.2) is 0 Å². The molecule has 0 aliphatic heterocycles. The Hall–Kier alpha value is -1.30. The van der Waals surface area contributed by atoms with Crippen LogP contribution in [-0.2, 0) is 0 Å². The highest BCUT2D eigenvalue weighted by atomic mass is 14.1. The molecule has 0 saturated carbocycles. The van der Waals surface area contributed by atoms with Crippen molar-refractivity contribution < 1.29 is 0 Å². The molecule has 0 aliphatic rings. The van der Waals surface area contributed by atoms with Gasteiger partial charge < -0.3 is 0 Å². The summed E-state index contributed by atoms with van der Waals surface area (Å²) in [5, 5.41) is 0. The quantitative estimate of drug-likeness (QED) is 0.409. The smallest absolute Gasteiger partial charge is 0.00225 e. The highest BCUT2D eigenvalue weighted by Gasteiger charge is 2.04. The molecule has 0 amide bonds. The Morgan fingerprint density at radius 1 is 1.29 bits per heavy atom. The standard InChI is InChI=1S/C14H20/c1-6-8-9-14(12(3)4)11-10-13(5)7-2/h6-9,14H,1-3,5,10-11H2,4H3/b9-8+. The third kappa shape index (κ3) is 5.36. The van der Waals surface area contributed by atoms with Crippen LogP contribution in [0.3, 0.4) is 0 Å². The Kier molecular flexibility index (Phi) is 6.47. The number of hydrogen-bond acceptors (Lipinski definition) is 0. The average Bonchev–Trinajstić information content (AvgIpc) is 2.16. The fourth-order valence-electron chi connectivity index (χ4n) is 1.16. The molecular weight excluding hydrogens is 168 g/mol. The van der Waals surface area contributed by atoms with Gasteiger partial charge >= 0.3 is 0 Å². The van der Waals surface area contributed by atoms with Gasteiger partial charge in [0, 0.05) is 0 Å². The second kappa shape index (κ2) is 7.14. The minimum absolute atomic E-state index is 0.421. The number of rotatable bonds is 7. The molecule has 76 valence electrons. The maximum Gasteiger partial charge on any atom is -0.00225 e. The summed E-state index contributed by atoms with van der Waals surface area (Å²) in [5.74, 6) is 0.421. The minimum Gasteiger partial charge on any atom is -0.0995 e. The van der Waals surface area contributed by atoms with Crippen molar-refractivity contribution in [2.45, 2.75) is 19.8 Å². The SMILES string of the molecule is C=C/C=C/C(CCC(=C)C=C)C(=C)C. The Morgan fingerprint density at radius 2 is 1.93 bits per heavy atom. The summed E-state index contributed by atoms with van der Waals surface area (Å²) in [6.45, 7) is 17.3. The van der Waals surface area contributed by atoms with Gasteiger partial charge in [-0.15, -0.1) is 0 Å². The summed E-state index contributed by atoms with van der Waals surface area (Å²) in [5.41, 5.74) is 2.27. The molecule has 1 atom stereocenters. The summed E-state index contributed by atoms with van der Waals surface area (Å²) in [6.07, 6.45) is 9.72. The van der Waals surface area contributed by atoms with Crippen molar-refractivity contribution in [1.29, 1.82) is 0 Å². The highest BCUT2D eigenvalue weighted by Crippen LogP contribution is 2.19. The molecule has 1 unspecified atom stereocenters. The van der Waals surface area contributed by atoms with E-state index in [4.69, 9.17) is 0 Å². The normalized spacial score (nSPS) is 12.4. The Morgan fingerprint density at radius 3 is 2.36 bits per heavy atom. The molecule has 14 heavy (non-hydrogen) atoms. The predicted octanol–water partition coefficient (Wildman–Crippen LogP) is 4.44. The van der Waals surface area contributed by atoms with Crippen LogP contribution in [0.1, 0.15) is 19.8 Å². The monoisotopic (exact) mass is 188 g/mol. The summed E-state index contributed by atoms with van der Waals surface area (Å²) >= 11 is 0. The van der Waals surface area contributed by atoms with Gasteiger partial charge in [-0.05, 0) is 25.7 Å². The molecule has 0 heterocycles. The molecule has 0 radical (unpaired) electrons. The van der Waals surface area contributed by atoms with Crippen molar-refractivity contribution in [2.75, 3.05) is 0 Å². The highest BCUT2D eigenvalue weighted by molar-refractivity contribution is 5.15. The minimum atomic E-state index is 0.421. The van der Waals surface area contributed by atoms with Crippen molar-refractivity contribution in [3.8, 4) is 0 Å². The van der Waals surface area contributed by atoms with Crippen LogP contribution in [0.4, 0.5) is 0 Å². The van der Waals surface area contributed by atoms with Crippen molar-refractivity contribution >= 4 is 0 Å². The number of allylic oxidation sites excluding steroid dienone is 6. The van der Waals surface area contributed by atoms with Gasteiger partial charge in [0.2, 0.25) is 0 Å². The van der Waals surface area contributed by atoms with Crippen molar-refractivity contribution in [3.05, 3.63) is 61.8 Å². The lowest BCUT2D eigenvalue weighted by molar-refractivity contribution is 0.677. The van der Waals surface area contributed by atoms with Gasteiger partial charge in [0.05, 0.1) is 0 Å². The fraction of sp³-hybridized carbons (Fsp3) is 0.286. The molecule has 0 aromatic heterocycles. The van der Waals surface area contributed by atoms with E-state index in [-0.39, 0.29) is 0 Å². The zero-order chi connectivity index (χ0) is 11.0. The fourth-order valence-corrected chi connectivity index (χ4v) is 1.16. The predicted molar refractivity (Wildman–Crippen MR) is 66.2 cm³/mol. The number of hydrogen-bond donors (Lipinski definition) is 0. The van der Waals surface area contributed by atoms with Crippen molar-refractivity contribution in [2.24, 2.45) is 5.92 Å². The van der Waals surface area contributed by atoms with Gasteiger partial charge in [0.25, 0.3) is 0 Å². The molecule has 0 fully saturated rings. The van der Waals surface area contributed by atoms with Gasteiger partial charge in [0.15, 0.2) is 0 Å². The third-order valence-electron chi connectivity index (χ3n) is 2.18. The van der Waals surface area contributed by atoms with E-state index in [0.717, 1.165) is 18.4 Å². The van der Waals surface area contributed by atoms with Crippen LogP contribution in [0.15, 0.2) is 61.8 Å². The van der Waals surface area contributed by atoms with Crippen LogP contribution in [0.2, 0.25) is 0 Å². The molecule has 0 saturated heterocycles. The summed E-state index contributed by atoms with van der Waals surface area (Å²) in [6, 6.07) is 0. The molecule has 0 nitrogen and oxygen atoms in total. The molecule has 0 bridgehead atoms. The van der Waals surface area contributed by atoms with Gasteiger partial charge in [-0.25, -0.2) is 0 Å². The average molecular weight is 188 g/mol. The van der Waals surface area contributed by atoms with E-state index in [0.29, 0.717) is 5.92 Å². The van der Waals surface area contributed by atoms with Gasteiger partial charge in [-0.1, -0.05) is 61.8 Å². The van der Waals surface area contributed by atoms with Crippen molar-refractivity contribution in [3.63, 3.8) is 0 Å². The van der Waals surface area contributed by atoms with Gasteiger partial charge in [-0.3, -0.25) is 0 Å². The molecule has 0 aromatic rings. The van der Waals surface area contributed by atoms with E-state index < -0.39 is 0 Å². The summed E-state index contributed by atoms with van der Waals surface area (Å²) < 4.78 is 0. The van der Waals surface area contributed by atoms with Crippen LogP contribution in [0, 0.1) is 5.92 Å². The Labute approximate surface area is 88.0 Å². The van der Waals surface area contributed by atoms with E-state index in [1.54, 1.807) is 6.08 Å². The van der Waals surface area contributed by atoms with E-state index in [2.05, 4.69) is 39.3 Å². The van der Waals surface area contributed by atoms with Crippen LogP contribution in [0.25, 0.3) is 0 Å². The van der Waals surface area contributed by atoms with E-state index >= 15 is 0 Å². The Bertz CT molecular complexity index is 253. The first kappa shape index (κ1) is 12.7. The van der Waals surface area contributed by atoms with E-state index in [1.165, 1.54) is 5.57 Å². The van der Waals surface area contributed by atoms with Crippen LogP contribution >= 0.6 is 0 Å². The van der Waals surface area contributed by atoms with Gasteiger partial charge in [-0.2, -0.15) is 0 Å². The van der Waals surface area contributed by atoms with E-state index in [9.17, 15) is 0 Å². The zero-order valence-corrected chi connectivity index (χ0v) is 9.13. The molecule has 0 aliphatic carbocycles. The molecule has 0 spiro atoms. The second-order valence-corrected chi connectivity index (χ2v) is 3.47. The second-order valence-electron chi connectivity index (χ2n) is 3.47. The summed E-state index contributed by atoms with van der Waals surface area (Å²) in [4.78, 5) is 0. The molecule has 0 heteroatoms. The molecule has 0 rings (SSSR count). The lowest BCUT2D eigenvalue weighted by Crippen LogP contribution is -1.97. The van der Waals surface area contributed by atoms with Gasteiger partial charge in [0.1, 0.15) is 0 Å².